The maximum absolute atomic E-state index is 11.8. The molecule has 3 aliphatic rings. The minimum Gasteiger partial charge on any atom is -0.463 e. The van der Waals surface area contributed by atoms with E-state index in [1.54, 1.807) is 6.92 Å². The van der Waals surface area contributed by atoms with Gasteiger partial charge in [0.15, 0.2) is 0 Å². The van der Waals surface area contributed by atoms with E-state index in [-0.39, 0.29) is 24.2 Å². The van der Waals surface area contributed by atoms with Crippen LogP contribution in [0, 0.1) is 11.8 Å². The number of Topliss-reactive ketones (excluding diaryl/α,β-unsaturated/α-hetero) is 1. The molecule has 0 aromatic heterocycles. The molecule has 0 aliphatic heterocycles. The first-order valence-corrected chi connectivity index (χ1v) is 5.73. The second-order valence-corrected chi connectivity index (χ2v) is 4.39. The Morgan fingerprint density at radius 3 is 2.94 bits per heavy atom. The van der Waals surface area contributed by atoms with Crippen molar-refractivity contribution in [3.63, 3.8) is 0 Å². The molecule has 2 bridgehead atoms. The summed E-state index contributed by atoms with van der Waals surface area (Å²) in [6, 6.07) is 0. The summed E-state index contributed by atoms with van der Waals surface area (Å²) < 4.78 is 4.91. The van der Waals surface area contributed by atoms with Gasteiger partial charge in [-0.3, -0.25) is 4.79 Å². The summed E-state index contributed by atoms with van der Waals surface area (Å²) >= 11 is 0. The lowest BCUT2D eigenvalue weighted by molar-refractivity contribution is -0.140. The maximum Gasteiger partial charge on any atom is 0.334 e. The number of carbonyl (C=O) groups is 2. The summed E-state index contributed by atoms with van der Waals surface area (Å²) in [6.07, 6.45) is 2.68. The number of hydrogen-bond acceptors (Lipinski definition) is 4. The zero-order valence-electron chi connectivity index (χ0n) is 9.31. The summed E-state index contributed by atoms with van der Waals surface area (Å²) in [4.78, 5) is 23.5. The average molecular weight is 224 g/mol. The molecule has 1 N–H and O–H groups in total. The van der Waals surface area contributed by atoms with E-state index in [1.165, 1.54) is 6.08 Å². The first kappa shape index (κ1) is 11.3. The standard InChI is InChI=1S/C12H16O4/c1-2-16-12(15)9-6-10(13)7-3-4-8(9)11(14)5-7/h6-8,10,13H,2-5H2,1H3/t7-,8-,10-/m1/s1. The molecule has 4 heteroatoms. The monoisotopic (exact) mass is 224 g/mol. The van der Waals surface area contributed by atoms with Crippen molar-refractivity contribution in [3.8, 4) is 0 Å². The van der Waals surface area contributed by atoms with Gasteiger partial charge in [-0.05, 0) is 31.8 Å². The molecule has 3 aliphatic carbocycles. The Morgan fingerprint density at radius 2 is 2.31 bits per heavy atom. The molecule has 88 valence electrons. The van der Waals surface area contributed by atoms with Crippen LogP contribution >= 0.6 is 0 Å². The van der Waals surface area contributed by atoms with Crippen LogP contribution < -0.4 is 0 Å². The molecule has 1 saturated carbocycles. The van der Waals surface area contributed by atoms with Gasteiger partial charge in [0.25, 0.3) is 0 Å². The van der Waals surface area contributed by atoms with E-state index in [1.807, 2.05) is 0 Å². The minimum atomic E-state index is -0.684. The molecule has 3 atom stereocenters. The van der Waals surface area contributed by atoms with Crippen LogP contribution in [0.1, 0.15) is 26.2 Å². The lowest BCUT2D eigenvalue weighted by atomic mass is 9.80. The van der Waals surface area contributed by atoms with Crippen molar-refractivity contribution in [3.05, 3.63) is 11.6 Å². The highest BCUT2D eigenvalue weighted by Gasteiger charge is 2.40. The lowest BCUT2D eigenvalue weighted by Gasteiger charge is -2.24. The van der Waals surface area contributed by atoms with Gasteiger partial charge < -0.3 is 9.84 Å². The molecule has 4 nitrogen and oxygen atoms in total. The first-order chi connectivity index (χ1) is 7.63. The molecule has 0 saturated heterocycles. The molecule has 0 aromatic carbocycles. The third-order valence-electron chi connectivity index (χ3n) is 3.40. The molecule has 0 aromatic rings. The topological polar surface area (TPSA) is 63.6 Å². The predicted octanol–water partition coefficient (Wildman–Crippen LogP) is 0.836. The number of carbonyl (C=O) groups excluding carboxylic acids is 2. The van der Waals surface area contributed by atoms with Crippen LogP contribution in [0.5, 0.6) is 0 Å². The zero-order valence-corrected chi connectivity index (χ0v) is 9.31. The molecule has 3 rings (SSSR count). The van der Waals surface area contributed by atoms with Crippen molar-refractivity contribution in [1.82, 2.24) is 0 Å². The van der Waals surface area contributed by atoms with Crippen LogP contribution in [-0.4, -0.2) is 29.6 Å². The Balaban J connectivity index is 2.28. The van der Waals surface area contributed by atoms with Crippen LogP contribution in [-0.2, 0) is 14.3 Å². The van der Waals surface area contributed by atoms with Gasteiger partial charge in [0.1, 0.15) is 5.78 Å². The quantitative estimate of drug-likeness (QED) is 0.706. The van der Waals surface area contributed by atoms with Crippen molar-refractivity contribution in [2.24, 2.45) is 11.8 Å². The fraction of sp³-hybridized carbons (Fsp3) is 0.667. The van der Waals surface area contributed by atoms with E-state index in [0.29, 0.717) is 18.4 Å². The minimum absolute atomic E-state index is 0.0179. The number of fused-ring (bicyclic) bond motifs is 3. The second kappa shape index (κ2) is 4.37. The zero-order chi connectivity index (χ0) is 11.7. The molecule has 0 spiro atoms. The van der Waals surface area contributed by atoms with Crippen molar-refractivity contribution in [2.45, 2.75) is 32.3 Å². The highest BCUT2D eigenvalue weighted by molar-refractivity contribution is 5.98. The van der Waals surface area contributed by atoms with E-state index in [2.05, 4.69) is 0 Å². The highest BCUT2D eigenvalue weighted by Crippen LogP contribution is 2.37. The Morgan fingerprint density at radius 1 is 1.56 bits per heavy atom. The number of hydrogen-bond donors (Lipinski definition) is 1. The average Bonchev–Trinajstić information content (AvgIpc) is 2.47. The van der Waals surface area contributed by atoms with Crippen LogP contribution in [0.25, 0.3) is 0 Å². The molecular formula is C12H16O4. The Labute approximate surface area is 94.3 Å². The second-order valence-electron chi connectivity index (χ2n) is 4.39. The number of aliphatic hydroxyl groups is 1. The van der Waals surface area contributed by atoms with Crippen LogP contribution in [0.2, 0.25) is 0 Å². The van der Waals surface area contributed by atoms with E-state index < -0.39 is 12.1 Å². The summed E-state index contributed by atoms with van der Waals surface area (Å²) in [5.41, 5.74) is 0.361. The highest BCUT2D eigenvalue weighted by atomic mass is 16.5. The number of esters is 1. The Bertz CT molecular complexity index is 345. The predicted molar refractivity (Wildman–Crippen MR) is 56.6 cm³/mol. The van der Waals surface area contributed by atoms with Gasteiger partial charge in [0.05, 0.1) is 12.7 Å². The van der Waals surface area contributed by atoms with Crippen LogP contribution in [0.15, 0.2) is 11.6 Å². The number of rotatable bonds is 2. The van der Waals surface area contributed by atoms with Gasteiger partial charge in [-0.15, -0.1) is 0 Å². The molecule has 0 radical (unpaired) electrons. The number of ether oxygens (including phenoxy) is 1. The largest absolute Gasteiger partial charge is 0.463 e. The van der Waals surface area contributed by atoms with Crippen molar-refractivity contribution in [1.29, 1.82) is 0 Å². The van der Waals surface area contributed by atoms with Crippen molar-refractivity contribution in [2.75, 3.05) is 6.61 Å². The van der Waals surface area contributed by atoms with Gasteiger partial charge >= 0.3 is 5.97 Å². The Kier molecular flexibility index (Phi) is 3.10. The molecule has 16 heavy (non-hydrogen) atoms. The third-order valence-corrected chi connectivity index (χ3v) is 3.40. The Hall–Kier alpha value is -1.16. The fourth-order valence-electron chi connectivity index (χ4n) is 2.53. The smallest absolute Gasteiger partial charge is 0.334 e. The summed E-state index contributed by atoms with van der Waals surface area (Å²) in [7, 11) is 0. The van der Waals surface area contributed by atoms with Gasteiger partial charge in [-0.25, -0.2) is 4.79 Å². The van der Waals surface area contributed by atoms with Gasteiger partial charge in [0.2, 0.25) is 0 Å². The van der Waals surface area contributed by atoms with Crippen LogP contribution in [0.3, 0.4) is 0 Å². The normalized spacial score (nSPS) is 33.2. The summed E-state index contributed by atoms with van der Waals surface area (Å²) in [6.45, 7) is 2.02. The summed E-state index contributed by atoms with van der Waals surface area (Å²) in [5.74, 6) is -0.766. The van der Waals surface area contributed by atoms with E-state index in [4.69, 9.17) is 4.74 Å². The van der Waals surface area contributed by atoms with E-state index in [9.17, 15) is 14.7 Å². The van der Waals surface area contributed by atoms with E-state index in [0.717, 1.165) is 6.42 Å². The third kappa shape index (κ3) is 1.89. The lowest BCUT2D eigenvalue weighted by Crippen LogP contribution is -2.28. The molecular weight excluding hydrogens is 208 g/mol. The summed E-state index contributed by atoms with van der Waals surface area (Å²) in [5, 5.41) is 9.84. The molecule has 1 fully saturated rings. The van der Waals surface area contributed by atoms with Gasteiger partial charge in [0, 0.05) is 17.9 Å². The SMILES string of the molecule is CCOC(=O)C1=C[C@@H](O)[C@@H]2CC[C@H]1C(=O)C2. The molecule has 0 heterocycles. The fourth-order valence-corrected chi connectivity index (χ4v) is 2.53. The molecule has 0 unspecified atom stereocenters. The van der Waals surface area contributed by atoms with E-state index >= 15 is 0 Å². The molecule has 0 amide bonds. The van der Waals surface area contributed by atoms with Crippen molar-refractivity contribution >= 4 is 11.8 Å². The maximum atomic E-state index is 11.8. The first-order valence-electron chi connectivity index (χ1n) is 5.73. The number of ketones is 1. The van der Waals surface area contributed by atoms with Gasteiger partial charge in [-0.2, -0.15) is 0 Å². The van der Waals surface area contributed by atoms with Crippen molar-refractivity contribution < 1.29 is 19.4 Å². The van der Waals surface area contributed by atoms with Crippen LogP contribution in [0.4, 0.5) is 0 Å². The van der Waals surface area contributed by atoms with Gasteiger partial charge in [-0.1, -0.05) is 0 Å². The number of aliphatic hydroxyl groups excluding tert-OH is 1.